The van der Waals surface area contributed by atoms with Crippen LogP contribution in [0.1, 0.15) is 39.9 Å². The number of carbonyl (C=O) groups is 2. The first-order valence-electron chi connectivity index (χ1n) is 9.02. The molecule has 144 valence electrons. The smallest absolute Gasteiger partial charge is 0.220 e. The Balaban J connectivity index is 1.79. The summed E-state index contributed by atoms with van der Waals surface area (Å²) >= 11 is 0. The van der Waals surface area contributed by atoms with Gasteiger partial charge in [0.1, 0.15) is 0 Å². The van der Waals surface area contributed by atoms with Gasteiger partial charge in [0, 0.05) is 24.9 Å². The lowest BCUT2D eigenvalue weighted by atomic mass is 9.99. The molecule has 1 amide bonds. The van der Waals surface area contributed by atoms with Gasteiger partial charge in [0.2, 0.25) is 5.91 Å². The van der Waals surface area contributed by atoms with Gasteiger partial charge >= 0.3 is 0 Å². The van der Waals surface area contributed by atoms with E-state index in [4.69, 9.17) is 9.47 Å². The molecule has 0 saturated carbocycles. The van der Waals surface area contributed by atoms with Crippen molar-refractivity contribution in [2.75, 3.05) is 20.8 Å². The first kappa shape index (κ1) is 20.5. The fraction of sp³-hybridized carbons (Fsp3) is 0.364. The number of carbonyl (C=O) groups excluding carboxylic acids is 2. The molecule has 5 heteroatoms. The Morgan fingerprint density at radius 2 is 1.67 bits per heavy atom. The molecule has 0 spiro atoms. The number of aryl methyl sites for hydroxylation is 2. The zero-order chi connectivity index (χ0) is 19.8. The van der Waals surface area contributed by atoms with Crippen LogP contribution in [0.5, 0.6) is 11.5 Å². The normalized spacial score (nSPS) is 10.4. The van der Waals surface area contributed by atoms with E-state index in [0.29, 0.717) is 30.0 Å². The highest BCUT2D eigenvalue weighted by Crippen LogP contribution is 2.27. The fourth-order valence-corrected chi connectivity index (χ4v) is 2.87. The van der Waals surface area contributed by atoms with Gasteiger partial charge in [-0.05, 0) is 49.6 Å². The van der Waals surface area contributed by atoms with E-state index in [0.717, 1.165) is 16.7 Å². The minimum Gasteiger partial charge on any atom is -0.493 e. The zero-order valence-electron chi connectivity index (χ0n) is 16.4. The topological polar surface area (TPSA) is 64.6 Å². The Kier molecular flexibility index (Phi) is 7.41. The number of nitrogens with one attached hydrogen (secondary N) is 1. The number of benzene rings is 2. The molecule has 27 heavy (non-hydrogen) atoms. The molecule has 5 nitrogen and oxygen atoms in total. The Labute approximate surface area is 160 Å². The molecule has 0 saturated heterocycles. The summed E-state index contributed by atoms with van der Waals surface area (Å²) in [6.07, 6.45) is 1.08. The van der Waals surface area contributed by atoms with Gasteiger partial charge in [-0.15, -0.1) is 0 Å². The first-order chi connectivity index (χ1) is 12.9. The number of ketones is 1. The number of methoxy groups -OCH3 is 2. The maximum absolute atomic E-state index is 12.3. The van der Waals surface area contributed by atoms with Crippen LogP contribution in [0, 0.1) is 13.8 Å². The second-order valence-corrected chi connectivity index (χ2v) is 6.53. The van der Waals surface area contributed by atoms with Crippen LogP contribution in [0.2, 0.25) is 0 Å². The second kappa shape index (κ2) is 9.76. The van der Waals surface area contributed by atoms with Gasteiger partial charge < -0.3 is 14.8 Å². The molecule has 0 aliphatic heterocycles. The Morgan fingerprint density at radius 1 is 0.926 bits per heavy atom. The average Bonchev–Trinajstić information content (AvgIpc) is 2.67. The van der Waals surface area contributed by atoms with E-state index < -0.39 is 0 Å². The molecule has 0 fully saturated rings. The number of hydrogen-bond donors (Lipinski definition) is 1. The third kappa shape index (κ3) is 5.84. The molecule has 0 aliphatic rings. The highest BCUT2D eigenvalue weighted by molar-refractivity contribution is 5.99. The molecule has 0 unspecified atom stereocenters. The molecule has 0 aromatic heterocycles. The summed E-state index contributed by atoms with van der Waals surface area (Å²) in [5.41, 5.74) is 3.73. The van der Waals surface area contributed by atoms with E-state index in [-0.39, 0.29) is 24.5 Å². The van der Waals surface area contributed by atoms with E-state index in [1.54, 1.807) is 14.2 Å². The van der Waals surface area contributed by atoms with Crippen molar-refractivity contribution in [1.82, 2.24) is 5.32 Å². The van der Waals surface area contributed by atoms with Crippen molar-refractivity contribution in [2.45, 2.75) is 33.1 Å². The lowest BCUT2D eigenvalue weighted by Gasteiger charge is -2.10. The van der Waals surface area contributed by atoms with Crippen LogP contribution in [0.25, 0.3) is 0 Å². The van der Waals surface area contributed by atoms with Crippen LogP contribution in [0.4, 0.5) is 0 Å². The SMILES string of the molecule is COc1ccc(CCNC(=O)CCC(=O)c2cc(C)ccc2C)cc1OC. The summed E-state index contributed by atoms with van der Waals surface area (Å²) in [6, 6.07) is 11.5. The van der Waals surface area contributed by atoms with Crippen molar-refractivity contribution >= 4 is 11.7 Å². The summed E-state index contributed by atoms with van der Waals surface area (Å²) < 4.78 is 10.5. The second-order valence-electron chi connectivity index (χ2n) is 6.53. The van der Waals surface area contributed by atoms with Crippen molar-refractivity contribution in [3.8, 4) is 11.5 Å². The molecule has 0 bridgehead atoms. The van der Waals surface area contributed by atoms with E-state index in [1.165, 1.54) is 0 Å². The van der Waals surface area contributed by atoms with E-state index in [2.05, 4.69) is 5.32 Å². The average molecular weight is 369 g/mol. The van der Waals surface area contributed by atoms with Crippen LogP contribution in [-0.2, 0) is 11.2 Å². The van der Waals surface area contributed by atoms with Gasteiger partial charge in [-0.25, -0.2) is 0 Å². The van der Waals surface area contributed by atoms with Crippen molar-refractivity contribution in [1.29, 1.82) is 0 Å². The molecule has 2 aromatic rings. The predicted molar refractivity (Wildman–Crippen MR) is 106 cm³/mol. The molecular weight excluding hydrogens is 342 g/mol. The van der Waals surface area contributed by atoms with Crippen molar-refractivity contribution in [3.05, 3.63) is 58.7 Å². The number of amides is 1. The first-order valence-corrected chi connectivity index (χ1v) is 9.02. The number of hydrogen-bond acceptors (Lipinski definition) is 4. The molecule has 0 heterocycles. The molecule has 0 aliphatic carbocycles. The molecule has 0 radical (unpaired) electrons. The molecule has 2 rings (SSSR count). The van der Waals surface area contributed by atoms with Crippen molar-refractivity contribution in [2.24, 2.45) is 0 Å². The maximum Gasteiger partial charge on any atom is 0.220 e. The van der Waals surface area contributed by atoms with E-state index >= 15 is 0 Å². The van der Waals surface area contributed by atoms with Crippen molar-refractivity contribution < 1.29 is 19.1 Å². The number of rotatable bonds is 9. The van der Waals surface area contributed by atoms with Gasteiger partial charge in [0.25, 0.3) is 0 Å². The van der Waals surface area contributed by atoms with Gasteiger partial charge in [0.15, 0.2) is 17.3 Å². The van der Waals surface area contributed by atoms with Crippen LogP contribution in [-0.4, -0.2) is 32.5 Å². The molecule has 0 atom stereocenters. The molecule has 1 N–H and O–H groups in total. The third-order valence-electron chi connectivity index (χ3n) is 4.46. The zero-order valence-corrected chi connectivity index (χ0v) is 16.4. The summed E-state index contributed by atoms with van der Waals surface area (Å²) in [7, 11) is 3.19. The predicted octanol–water partition coefficient (Wildman–Crippen LogP) is 3.64. The van der Waals surface area contributed by atoms with Crippen LogP contribution < -0.4 is 14.8 Å². The van der Waals surface area contributed by atoms with Gasteiger partial charge in [-0.3, -0.25) is 9.59 Å². The van der Waals surface area contributed by atoms with Gasteiger partial charge in [-0.1, -0.05) is 23.8 Å². The van der Waals surface area contributed by atoms with Gasteiger partial charge in [0.05, 0.1) is 14.2 Å². The largest absolute Gasteiger partial charge is 0.493 e. The lowest BCUT2D eigenvalue weighted by Crippen LogP contribution is -2.26. The number of Topliss-reactive ketones (excluding diaryl/α,β-unsaturated/α-hetero) is 1. The highest BCUT2D eigenvalue weighted by atomic mass is 16.5. The molecule has 2 aromatic carbocycles. The molecular formula is C22H27NO4. The standard InChI is InChI=1S/C22H27NO4/c1-15-5-6-16(2)18(13-15)19(24)8-10-22(25)23-12-11-17-7-9-20(26-3)21(14-17)27-4/h5-7,9,13-14H,8,10-12H2,1-4H3,(H,23,25). The monoisotopic (exact) mass is 369 g/mol. The summed E-state index contributed by atoms with van der Waals surface area (Å²) in [6.45, 7) is 4.37. The number of ether oxygens (including phenoxy) is 2. The minimum absolute atomic E-state index is 0.00578. The lowest BCUT2D eigenvalue weighted by molar-refractivity contribution is -0.121. The van der Waals surface area contributed by atoms with Crippen molar-refractivity contribution in [3.63, 3.8) is 0 Å². The quantitative estimate of drug-likeness (QED) is 0.686. The highest BCUT2D eigenvalue weighted by Gasteiger charge is 2.12. The summed E-state index contributed by atoms with van der Waals surface area (Å²) in [5, 5.41) is 2.87. The van der Waals surface area contributed by atoms with Crippen LogP contribution in [0.3, 0.4) is 0 Å². The van der Waals surface area contributed by atoms with E-state index in [1.807, 2.05) is 50.2 Å². The van der Waals surface area contributed by atoms with Gasteiger partial charge in [-0.2, -0.15) is 0 Å². The Morgan fingerprint density at radius 3 is 2.37 bits per heavy atom. The third-order valence-corrected chi connectivity index (χ3v) is 4.46. The maximum atomic E-state index is 12.3. The summed E-state index contributed by atoms with van der Waals surface area (Å²) in [5.74, 6) is 1.23. The summed E-state index contributed by atoms with van der Waals surface area (Å²) in [4.78, 5) is 24.4. The van der Waals surface area contributed by atoms with E-state index in [9.17, 15) is 9.59 Å². The van der Waals surface area contributed by atoms with Crippen LogP contribution in [0.15, 0.2) is 36.4 Å². The Bertz CT molecular complexity index is 814. The minimum atomic E-state index is -0.117. The Hall–Kier alpha value is -2.82. The fourth-order valence-electron chi connectivity index (χ4n) is 2.87. The van der Waals surface area contributed by atoms with Crippen LogP contribution >= 0.6 is 0 Å².